The number of benzene rings is 2. The summed E-state index contributed by atoms with van der Waals surface area (Å²) in [7, 11) is 0. The molecule has 2 N–H and O–H groups in total. The summed E-state index contributed by atoms with van der Waals surface area (Å²) in [6.45, 7) is 2.50. The maximum Gasteiger partial charge on any atom is 0.335 e. The smallest absolute Gasteiger partial charge is 0.335 e. The highest BCUT2D eigenvalue weighted by atomic mass is 16.4. The quantitative estimate of drug-likeness (QED) is 0.720. The lowest BCUT2D eigenvalue weighted by Crippen LogP contribution is -2.02. The average Bonchev–Trinajstić information content (AvgIpc) is 3.09. The largest absolute Gasteiger partial charge is 0.478 e. The van der Waals surface area contributed by atoms with E-state index < -0.39 is 5.97 Å². The summed E-state index contributed by atoms with van der Waals surface area (Å²) in [5.41, 5.74) is 3.02. The summed E-state index contributed by atoms with van der Waals surface area (Å²) < 4.78 is 5.62. The minimum Gasteiger partial charge on any atom is -0.478 e. The van der Waals surface area contributed by atoms with Crippen molar-refractivity contribution in [1.29, 1.82) is 0 Å². The molecule has 0 amide bonds. The number of carboxylic acid groups (broad SMARTS) is 1. The molecule has 3 rings (SSSR count). The predicted octanol–water partition coefficient (Wildman–Crippen LogP) is 3.61. The number of nitrogens with one attached hydrogen (secondary N) is 1. The minimum atomic E-state index is -0.991. The number of aromatic nitrogens is 2. The lowest BCUT2D eigenvalue weighted by Gasteiger charge is -2.08. The number of hydrogen-bond acceptors (Lipinski definition) is 5. The molecule has 1 heterocycles. The van der Waals surface area contributed by atoms with Gasteiger partial charge in [0, 0.05) is 11.3 Å². The third-order valence-corrected chi connectivity index (χ3v) is 3.65. The summed E-state index contributed by atoms with van der Waals surface area (Å²) in [4.78, 5) is 11.0. The van der Waals surface area contributed by atoms with E-state index in [-0.39, 0.29) is 5.56 Å². The van der Waals surface area contributed by atoms with Crippen LogP contribution in [-0.4, -0.2) is 21.3 Å². The van der Waals surface area contributed by atoms with Crippen LogP contribution in [0.3, 0.4) is 0 Å². The van der Waals surface area contributed by atoms with Crippen molar-refractivity contribution in [2.24, 2.45) is 0 Å². The molecule has 0 bridgehead atoms. The summed E-state index contributed by atoms with van der Waals surface area (Å²) in [6.07, 6.45) is 0.931. The molecule has 3 aromatic rings. The first kappa shape index (κ1) is 15.7. The van der Waals surface area contributed by atoms with Gasteiger partial charge in [-0.2, -0.15) is 0 Å². The average molecular weight is 323 g/mol. The normalized spacial score (nSPS) is 10.5. The fraction of sp³-hybridized carbons (Fsp3) is 0.167. The van der Waals surface area contributed by atoms with E-state index in [0.717, 1.165) is 12.1 Å². The first-order chi connectivity index (χ1) is 11.7. The number of rotatable bonds is 6. The van der Waals surface area contributed by atoms with Crippen LogP contribution in [0.15, 0.2) is 52.9 Å². The Balaban J connectivity index is 1.74. The number of carboxylic acids is 1. The topological polar surface area (TPSA) is 88.2 Å². The lowest BCUT2D eigenvalue weighted by molar-refractivity contribution is 0.0697. The van der Waals surface area contributed by atoms with Crippen molar-refractivity contribution in [3.63, 3.8) is 0 Å². The van der Waals surface area contributed by atoms with Crippen LogP contribution >= 0.6 is 0 Å². The Bertz CT molecular complexity index is 858. The van der Waals surface area contributed by atoms with Crippen molar-refractivity contribution in [2.45, 2.75) is 19.9 Å². The monoisotopic (exact) mass is 323 g/mol. The van der Waals surface area contributed by atoms with Crippen LogP contribution in [-0.2, 0) is 13.0 Å². The molecule has 24 heavy (non-hydrogen) atoms. The highest BCUT2D eigenvalue weighted by Crippen LogP contribution is 2.20. The zero-order chi connectivity index (χ0) is 16.9. The van der Waals surface area contributed by atoms with Crippen molar-refractivity contribution >= 4 is 11.7 Å². The Labute approximate surface area is 139 Å². The summed E-state index contributed by atoms with van der Waals surface area (Å²) in [5.74, 6) is -0.246. The molecule has 0 aliphatic rings. The second-order valence-electron chi connectivity index (χ2n) is 5.25. The van der Waals surface area contributed by atoms with Gasteiger partial charge < -0.3 is 14.8 Å². The molecule has 0 unspecified atom stereocenters. The Morgan fingerprint density at radius 2 is 2.00 bits per heavy atom. The van der Waals surface area contributed by atoms with E-state index in [2.05, 4.69) is 28.5 Å². The molecule has 0 saturated heterocycles. The molecule has 1 aromatic heterocycles. The fourth-order valence-electron chi connectivity index (χ4n) is 2.40. The molecule has 0 saturated carbocycles. The molecule has 0 aliphatic heterocycles. The van der Waals surface area contributed by atoms with Gasteiger partial charge in [-0.15, -0.1) is 10.2 Å². The van der Waals surface area contributed by atoms with Crippen LogP contribution in [0.1, 0.15) is 28.7 Å². The molecule has 6 heteroatoms. The van der Waals surface area contributed by atoms with Gasteiger partial charge in [-0.3, -0.25) is 0 Å². The zero-order valence-electron chi connectivity index (χ0n) is 13.2. The maximum atomic E-state index is 11.0. The van der Waals surface area contributed by atoms with E-state index in [1.165, 1.54) is 17.7 Å². The van der Waals surface area contributed by atoms with Crippen molar-refractivity contribution < 1.29 is 14.3 Å². The summed E-state index contributed by atoms with van der Waals surface area (Å²) >= 11 is 0. The van der Waals surface area contributed by atoms with E-state index in [0.29, 0.717) is 23.9 Å². The standard InChI is InChI=1S/C18H17N3O3/c1-2-12-6-3-4-9-15(12)19-11-16-20-21-17(24-16)13-7-5-8-14(10-13)18(22)23/h3-10,19H,2,11H2,1H3,(H,22,23). The van der Waals surface area contributed by atoms with Crippen molar-refractivity contribution in [3.8, 4) is 11.5 Å². The number of para-hydroxylation sites is 1. The lowest BCUT2D eigenvalue weighted by atomic mass is 10.1. The molecule has 122 valence electrons. The Morgan fingerprint density at radius 1 is 1.17 bits per heavy atom. The molecular weight excluding hydrogens is 306 g/mol. The van der Waals surface area contributed by atoms with E-state index in [4.69, 9.17) is 9.52 Å². The Kier molecular flexibility index (Phi) is 4.56. The van der Waals surface area contributed by atoms with E-state index >= 15 is 0 Å². The number of nitrogens with zero attached hydrogens (tertiary/aromatic N) is 2. The number of aromatic carboxylic acids is 1. The zero-order valence-corrected chi connectivity index (χ0v) is 13.2. The molecule has 2 aromatic carbocycles. The van der Waals surface area contributed by atoms with Crippen molar-refractivity contribution in [3.05, 3.63) is 65.5 Å². The van der Waals surface area contributed by atoms with Crippen LogP contribution in [0.4, 0.5) is 5.69 Å². The maximum absolute atomic E-state index is 11.0. The number of hydrogen-bond donors (Lipinski definition) is 2. The van der Waals surface area contributed by atoms with Gasteiger partial charge in [-0.25, -0.2) is 4.79 Å². The first-order valence-corrected chi connectivity index (χ1v) is 7.65. The molecule has 0 aliphatic carbocycles. The third-order valence-electron chi connectivity index (χ3n) is 3.65. The van der Waals surface area contributed by atoms with Crippen LogP contribution in [0.2, 0.25) is 0 Å². The van der Waals surface area contributed by atoms with Crippen LogP contribution < -0.4 is 5.32 Å². The van der Waals surface area contributed by atoms with Gasteiger partial charge >= 0.3 is 5.97 Å². The highest BCUT2D eigenvalue weighted by Gasteiger charge is 2.11. The van der Waals surface area contributed by atoms with E-state index in [9.17, 15) is 4.79 Å². The SMILES string of the molecule is CCc1ccccc1NCc1nnc(-c2cccc(C(=O)O)c2)o1. The van der Waals surface area contributed by atoms with Crippen molar-refractivity contribution in [2.75, 3.05) is 5.32 Å². The van der Waals surface area contributed by atoms with Gasteiger partial charge in [-0.1, -0.05) is 31.2 Å². The number of carbonyl (C=O) groups is 1. The van der Waals surface area contributed by atoms with Crippen LogP contribution in [0.25, 0.3) is 11.5 Å². The molecule has 0 radical (unpaired) electrons. The van der Waals surface area contributed by atoms with Gasteiger partial charge in [-0.05, 0) is 36.2 Å². The van der Waals surface area contributed by atoms with Gasteiger partial charge in [0.25, 0.3) is 0 Å². The highest BCUT2D eigenvalue weighted by molar-refractivity contribution is 5.88. The van der Waals surface area contributed by atoms with E-state index in [1.54, 1.807) is 12.1 Å². The fourth-order valence-corrected chi connectivity index (χ4v) is 2.40. The molecule has 0 atom stereocenters. The van der Waals surface area contributed by atoms with Gasteiger partial charge in [0.05, 0.1) is 12.1 Å². The van der Waals surface area contributed by atoms with Gasteiger partial charge in [0.2, 0.25) is 11.8 Å². The van der Waals surface area contributed by atoms with Crippen LogP contribution in [0, 0.1) is 0 Å². The molecular formula is C18H17N3O3. The molecule has 0 spiro atoms. The summed E-state index contributed by atoms with van der Waals surface area (Å²) in [6, 6.07) is 14.5. The van der Waals surface area contributed by atoms with Crippen LogP contribution in [0.5, 0.6) is 0 Å². The Hall–Kier alpha value is -3.15. The second-order valence-corrected chi connectivity index (χ2v) is 5.25. The van der Waals surface area contributed by atoms with Gasteiger partial charge in [0.15, 0.2) is 0 Å². The first-order valence-electron chi connectivity index (χ1n) is 7.65. The second kappa shape index (κ2) is 6.95. The molecule has 0 fully saturated rings. The van der Waals surface area contributed by atoms with Crippen molar-refractivity contribution in [1.82, 2.24) is 10.2 Å². The summed E-state index contributed by atoms with van der Waals surface area (Å²) in [5, 5.41) is 20.3. The minimum absolute atomic E-state index is 0.183. The number of aryl methyl sites for hydroxylation is 1. The third kappa shape index (κ3) is 3.43. The number of anilines is 1. The van der Waals surface area contributed by atoms with Gasteiger partial charge in [0.1, 0.15) is 0 Å². The Morgan fingerprint density at radius 3 is 2.79 bits per heavy atom. The van der Waals surface area contributed by atoms with E-state index in [1.807, 2.05) is 18.2 Å². The molecule has 6 nitrogen and oxygen atoms in total. The predicted molar refractivity (Wildman–Crippen MR) is 89.8 cm³/mol.